The quantitative estimate of drug-likeness (QED) is 0.149. The number of alkyl halides is 3. The molecular weight excluding hydrogens is 675 g/mol. The van der Waals surface area contributed by atoms with Gasteiger partial charge in [0.15, 0.2) is 0 Å². The summed E-state index contributed by atoms with van der Waals surface area (Å²) >= 11 is 0. The number of nitrogens with zero attached hydrogens (tertiary/aromatic N) is 1. The number of hydrogen-bond acceptors (Lipinski definition) is 8. The second-order valence-corrected chi connectivity index (χ2v) is 12.6. The summed E-state index contributed by atoms with van der Waals surface area (Å²) in [5, 5.41) is 23.8. The van der Waals surface area contributed by atoms with E-state index in [4.69, 9.17) is 24.1 Å². The highest BCUT2D eigenvalue weighted by Crippen LogP contribution is 2.44. The van der Waals surface area contributed by atoms with Crippen molar-refractivity contribution >= 4 is 23.9 Å². The maximum Gasteiger partial charge on any atom is 0.430 e. The lowest BCUT2D eigenvalue weighted by atomic mass is 9.98. The van der Waals surface area contributed by atoms with Gasteiger partial charge in [0.2, 0.25) is 5.91 Å². The first-order chi connectivity index (χ1) is 24.0. The molecule has 2 amide bonds. The molecule has 0 radical (unpaired) electrons. The van der Waals surface area contributed by atoms with Crippen molar-refractivity contribution in [3.05, 3.63) is 89.5 Å². The Hall–Kier alpha value is -5.15. The number of likely N-dealkylation sites (N-methyl/N-ethyl adjacent to an activating group) is 1. The molecule has 0 heterocycles. The molecule has 0 spiro atoms. The number of carbonyl (C=O) groups is 4. The van der Waals surface area contributed by atoms with Crippen molar-refractivity contribution in [1.29, 1.82) is 0 Å². The van der Waals surface area contributed by atoms with E-state index in [1.165, 1.54) is 0 Å². The van der Waals surface area contributed by atoms with Crippen LogP contribution in [0.15, 0.2) is 72.8 Å². The first kappa shape index (κ1) is 40.3. The molecule has 3 aromatic rings. The van der Waals surface area contributed by atoms with Crippen molar-refractivity contribution in [2.75, 3.05) is 60.7 Å². The largest absolute Gasteiger partial charge is 0.542 e. The number of alkyl carbamates (subject to hydrolysis) is 1. The molecule has 0 aromatic heterocycles. The molecule has 51 heavy (non-hydrogen) atoms. The van der Waals surface area contributed by atoms with Gasteiger partial charge in [0.05, 0.1) is 40.9 Å². The highest BCUT2D eigenvalue weighted by atomic mass is 19.4. The summed E-state index contributed by atoms with van der Waals surface area (Å²) < 4.78 is 49.1. The van der Waals surface area contributed by atoms with Gasteiger partial charge < -0.3 is 44.3 Å². The molecule has 276 valence electrons. The van der Waals surface area contributed by atoms with Crippen LogP contribution in [-0.4, -0.2) is 106 Å². The van der Waals surface area contributed by atoms with E-state index >= 15 is 0 Å². The summed E-state index contributed by atoms with van der Waals surface area (Å²) in [6.07, 6.45) is -5.61. The van der Waals surface area contributed by atoms with E-state index in [9.17, 15) is 32.7 Å². The molecule has 0 aliphatic heterocycles. The third-order valence-electron chi connectivity index (χ3n) is 7.60. The second-order valence-electron chi connectivity index (χ2n) is 12.6. The molecule has 15 heteroatoms. The van der Waals surface area contributed by atoms with Crippen LogP contribution >= 0.6 is 0 Å². The number of hydrogen-bond donors (Lipinski definition) is 3. The normalized spacial score (nSPS) is 12.7. The van der Waals surface area contributed by atoms with Crippen LogP contribution in [-0.2, 0) is 30.3 Å². The molecule has 1 atom stereocenters. The number of rotatable bonds is 16. The zero-order chi connectivity index (χ0) is 37.6. The average Bonchev–Trinajstić information content (AvgIpc) is 3.38. The molecule has 1 aliphatic carbocycles. The van der Waals surface area contributed by atoms with Gasteiger partial charge >= 0.3 is 18.2 Å². The molecule has 0 fully saturated rings. The predicted octanol–water partition coefficient (Wildman–Crippen LogP) is 3.13. The van der Waals surface area contributed by atoms with E-state index in [1.54, 1.807) is 24.3 Å². The van der Waals surface area contributed by atoms with Gasteiger partial charge in [0.25, 0.3) is 0 Å². The Labute approximate surface area is 293 Å². The highest BCUT2D eigenvalue weighted by Gasteiger charge is 2.30. The number of carboxylic acids is 2. The van der Waals surface area contributed by atoms with Crippen LogP contribution < -0.4 is 20.5 Å². The molecule has 0 unspecified atom stereocenters. The van der Waals surface area contributed by atoms with Crippen molar-refractivity contribution in [2.45, 2.75) is 31.0 Å². The number of benzene rings is 3. The molecule has 0 saturated heterocycles. The minimum absolute atomic E-state index is 0.0761. The smallest absolute Gasteiger partial charge is 0.430 e. The Morgan fingerprint density at radius 3 is 1.98 bits per heavy atom. The Kier molecular flexibility index (Phi) is 14.8. The topological polar surface area (TPSA) is 163 Å². The Balaban J connectivity index is 0.000000908. The van der Waals surface area contributed by atoms with Crippen molar-refractivity contribution in [3.8, 4) is 16.9 Å². The van der Waals surface area contributed by atoms with Crippen molar-refractivity contribution < 1.29 is 61.3 Å². The number of halogens is 3. The number of carbonyl (C=O) groups excluding carboxylic acids is 3. The Morgan fingerprint density at radius 1 is 0.882 bits per heavy atom. The number of nitrogens with one attached hydrogen (secondary N) is 2. The van der Waals surface area contributed by atoms with Gasteiger partial charge in [-0.2, -0.15) is 13.2 Å². The minimum atomic E-state index is -5.19. The number of fused-ring (bicyclic) bond motifs is 3. The van der Waals surface area contributed by atoms with Gasteiger partial charge in [-0.1, -0.05) is 60.7 Å². The first-order valence-corrected chi connectivity index (χ1v) is 16.0. The monoisotopic (exact) mass is 717 g/mol. The van der Waals surface area contributed by atoms with Crippen LogP contribution in [0.2, 0.25) is 0 Å². The number of carboxylic acid groups (broad SMARTS) is 2. The number of aliphatic carboxylic acids is 2. The summed E-state index contributed by atoms with van der Waals surface area (Å²) in [5.41, 5.74) is 5.10. The van der Waals surface area contributed by atoms with E-state index in [-0.39, 0.29) is 31.5 Å². The summed E-state index contributed by atoms with van der Waals surface area (Å²) in [5.74, 6) is -3.80. The van der Waals surface area contributed by atoms with Crippen LogP contribution in [0.1, 0.15) is 29.0 Å². The molecule has 3 aromatic carbocycles. The maximum atomic E-state index is 12.6. The van der Waals surface area contributed by atoms with Crippen LogP contribution in [0.4, 0.5) is 18.0 Å². The maximum absolute atomic E-state index is 12.6. The lowest BCUT2D eigenvalue weighted by molar-refractivity contribution is -0.870. The third kappa shape index (κ3) is 13.6. The minimum Gasteiger partial charge on any atom is -0.542 e. The summed E-state index contributed by atoms with van der Waals surface area (Å²) in [6.45, 7) is 2.60. The Bertz CT molecular complexity index is 1580. The molecule has 3 N–H and O–H groups in total. The summed E-state index contributed by atoms with van der Waals surface area (Å²) in [6, 6.07) is 21.8. The van der Waals surface area contributed by atoms with Gasteiger partial charge in [-0.15, -0.1) is 0 Å². The van der Waals surface area contributed by atoms with Crippen molar-refractivity contribution in [1.82, 2.24) is 10.6 Å². The first-order valence-electron chi connectivity index (χ1n) is 16.0. The standard InChI is InChI=1S/C34H41N3O7.C2HF3O2/c1-37(2,3)18-21-42-19-16-32(38)35-17-20-43-25-14-12-24(13-15-25)22-31(33(39)40)36-34(41)44-23-30-28-10-6-4-8-26(28)27-9-5-7-11-29(27)30;3-2(4,5)1(6)7/h4-15,30-31H,16-23H2,1-3H3,(H2-,35,36,38,39,40,41);(H,6,7)/t31-;/m0./s1. The van der Waals surface area contributed by atoms with Gasteiger partial charge in [-0.05, 0) is 39.9 Å². The van der Waals surface area contributed by atoms with E-state index in [2.05, 4.69) is 43.9 Å². The second kappa shape index (κ2) is 18.7. The van der Waals surface area contributed by atoms with Gasteiger partial charge in [-0.3, -0.25) is 4.79 Å². The zero-order valence-electron chi connectivity index (χ0n) is 28.5. The fourth-order valence-electron chi connectivity index (χ4n) is 4.99. The SMILES string of the molecule is C[N+](C)(C)CCOCCC(=O)NCCOc1ccc(C[C@H](NC(=O)OCC2c3ccccc3-c3ccccc32)C(=O)O)cc1.O=C([O-])C(F)(F)F. The van der Waals surface area contributed by atoms with E-state index in [0.29, 0.717) is 37.5 Å². The van der Waals surface area contributed by atoms with E-state index < -0.39 is 30.2 Å². The lowest BCUT2D eigenvalue weighted by Crippen LogP contribution is -2.42. The number of ether oxygens (including phenoxy) is 3. The van der Waals surface area contributed by atoms with Crippen LogP contribution in [0.3, 0.4) is 0 Å². The van der Waals surface area contributed by atoms with E-state index in [0.717, 1.165) is 33.3 Å². The number of amides is 2. The molecule has 12 nitrogen and oxygen atoms in total. The molecule has 1 aliphatic rings. The Morgan fingerprint density at radius 2 is 1.45 bits per heavy atom. The fourth-order valence-corrected chi connectivity index (χ4v) is 4.99. The summed E-state index contributed by atoms with van der Waals surface area (Å²) in [4.78, 5) is 45.3. The predicted molar refractivity (Wildman–Crippen MR) is 178 cm³/mol. The fraction of sp³-hybridized carbons (Fsp3) is 0.389. The highest BCUT2D eigenvalue weighted by molar-refractivity contribution is 5.81. The van der Waals surface area contributed by atoms with Crippen LogP contribution in [0.5, 0.6) is 5.75 Å². The van der Waals surface area contributed by atoms with Crippen LogP contribution in [0.25, 0.3) is 11.1 Å². The summed E-state index contributed by atoms with van der Waals surface area (Å²) in [7, 11) is 6.26. The van der Waals surface area contributed by atoms with Gasteiger partial charge in [-0.25, -0.2) is 9.59 Å². The van der Waals surface area contributed by atoms with Crippen molar-refractivity contribution in [2.24, 2.45) is 0 Å². The molecular formula is C36H42F3N3O9. The zero-order valence-corrected chi connectivity index (χ0v) is 28.5. The lowest BCUT2D eigenvalue weighted by Gasteiger charge is -2.23. The average molecular weight is 718 g/mol. The van der Waals surface area contributed by atoms with Crippen molar-refractivity contribution in [3.63, 3.8) is 0 Å². The van der Waals surface area contributed by atoms with E-state index in [1.807, 2.05) is 36.4 Å². The number of quaternary nitrogens is 1. The molecule has 4 rings (SSSR count). The third-order valence-corrected chi connectivity index (χ3v) is 7.60. The van der Waals surface area contributed by atoms with Crippen LogP contribution in [0, 0.1) is 0 Å². The van der Waals surface area contributed by atoms with Gasteiger partial charge in [0.1, 0.15) is 37.5 Å². The molecule has 0 bridgehead atoms. The van der Waals surface area contributed by atoms with Gasteiger partial charge in [0, 0.05) is 18.8 Å². The molecule has 0 saturated carbocycles.